The zero-order chi connectivity index (χ0) is 14.7. The zero-order valence-electron chi connectivity index (χ0n) is 11.6. The van der Waals surface area contributed by atoms with Crippen molar-refractivity contribution < 1.29 is 9.32 Å². The molecule has 2 N–H and O–H groups in total. The smallest absolute Gasteiger partial charge is 0.252 e. The number of aryl methyl sites for hydroxylation is 2. The molecule has 0 fully saturated rings. The van der Waals surface area contributed by atoms with E-state index in [4.69, 9.17) is 16.1 Å². The van der Waals surface area contributed by atoms with Crippen LogP contribution in [0.25, 0.3) is 0 Å². The third kappa shape index (κ3) is 2.93. The van der Waals surface area contributed by atoms with Gasteiger partial charge in [0.2, 0.25) is 0 Å². The number of amides is 1. The molecule has 0 spiro atoms. The molecular weight excluding hydrogens is 278 g/mol. The van der Waals surface area contributed by atoms with Gasteiger partial charge in [-0.2, -0.15) is 0 Å². The molecule has 0 aliphatic heterocycles. The van der Waals surface area contributed by atoms with Crippen molar-refractivity contribution in [2.75, 3.05) is 12.4 Å². The number of nitrogens with one attached hydrogen (secondary N) is 2. The molecule has 0 aliphatic carbocycles. The second kappa shape index (κ2) is 5.96. The first kappa shape index (κ1) is 14.4. The number of aromatic nitrogens is 1. The van der Waals surface area contributed by atoms with E-state index in [9.17, 15) is 4.79 Å². The fourth-order valence-corrected chi connectivity index (χ4v) is 2.15. The largest absolute Gasteiger partial charge is 0.381 e. The van der Waals surface area contributed by atoms with Gasteiger partial charge in [0.1, 0.15) is 5.76 Å². The molecule has 0 radical (unpaired) electrons. The van der Waals surface area contributed by atoms with Gasteiger partial charge in [-0.05, 0) is 32.0 Å². The van der Waals surface area contributed by atoms with Crippen molar-refractivity contribution in [2.24, 2.45) is 0 Å². The fraction of sp³-hybridized carbons (Fsp3) is 0.286. The Morgan fingerprint density at radius 1 is 1.40 bits per heavy atom. The summed E-state index contributed by atoms with van der Waals surface area (Å²) in [5.74, 6) is 0.593. The number of benzene rings is 1. The molecule has 0 bridgehead atoms. The molecule has 2 rings (SSSR count). The van der Waals surface area contributed by atoms with Crippen molar-refractivity contribution >= 4 is 23.2 Å². The van der Waals surface area contributed by atoms with Gasteiger partial charge < -0.3 is 15.2 Å². The van der Waals surface area contributed by atoms with E-state index in [1.165, 1.54) is 0 Å². The summed E-state index contributed by atoms with van der Waals surface area (Å²) < 4.78 is 5.10. The van der Waals surface area contributed by atoms with Crippen LogP contribution in [0.4, 0.5) is 5.69 Å². The number of hydrogen-bond acceptors (Lipinski definition) is 4. The highest BCUT2D eigenvalue weighted by Gasteiger charge is 2.11. The SMILES string of the molecule is CNC(=O)c1ccc(NCc2c(C)noc2C)cc1Cl. The van der Waals surface area contributed by atoms with Gasteiger partial charge in [0, 0.05) is 24.8 Å². The van der Waals surface area contributed by atoms with Gasteiger partial charge in [-0.15, -0.1) is 0 Å². The summed E-state index contributed by atoms with van der Waals surface area (Å²) in [6.07, 6.45) is 0. The summed E-state index contributed by atoms with van der Waals surface area (Å²) in [5, 5.41) is 10.1. The Kier molecular flexibility index (Phi) is 4.29. The van der Waals surface area contributed by atoms with Crippen LogP contribution in [0.3, 0.4) is 0 Å². The standard InChI is InChI=1S/C14H16ClN3O2/c1-8-12(9(2)20-18-8)7-17-10-4-5-11(13(15)6-10)14(19)16-3/h4-6,17H,7H2,1-3H3,(H,16,19). The van der Waals surface area contributed by atoms with Crippen molar-refractivity contribution in [2.45, 2.75) is 20.4 Å². The van der Waals surface area contributed by atoms with E-state index in [1.54, 1.807) is 19.2 Å². The number of carbonyl (C=O) groups is 1. The first-order valence-corrected chi connectivity index (χ1v) is 6.58. The van der Waals surface area contributed by atoms with Crippen LogP contribution in [-0.2, 0) is 6.54 Å². The Morgan fingerprint density at radius 2 is 2.15 bits per heavy atom. The fourth-order valence-electron chi connectivity index (χ4n) is 1.89. The lowest BCUT2D eigenvalue weighted by Crippen LogP contribution is -2.18. The molecule has 0 unspecified atom stereocenters. The molecule has 0 saturated carbocycles. The van der Waals surface area contributed by atoms with Crippen LogP contribution in [0.5, 0.6) is 0 Å². The Morgan fingerprint density at radius 3 is 2.70 bits per heavy atom. The van der Waals surface area contributed by atoms with E-state index < -0.39 is 0 Å². The van der Waals surface area contributed by atoms with Gasteiger partial charge in [-0.25, -0.2) is 0 Å². The van der Waals surface area contributed by atoms with Crippen LogP contribution in [0.1, 0.15) is 27.4 Å². The maximum absolute atomic E-state index is 11.5. The molecule has 106 valence electrons. The summed E-state index contributed by atoms with van der Waals surface area (Å²) in [6.45, 7) is 4.37. The molecule has 0 saturated heterocycles. The van der Waals surface area contributed by atoms with E-state index in [1.807, 2.05) is 19.9 Å². The van der Waals surface area contributed by atoms with Gasteiger partial charge >= 0.3 is 0 Å². The number of carbonyl (C=O) groups excluding carboxylic acids is 1. The number of rotatable bonds is 4. The van der Waals surface area contributed by atoms with Gasteiger partial charge in [-0.1, -0.05) is 16.8 Å². The summed E-state index contributed by atoms with van der Waals surface area (Å²) in [7, 11) is 1.57. The molecule has 0 atom stereocenters. The van der Waals surface area contributed by atoms with Crippen LogP contribution in [0.2, 0.25) is 5.02 Å². The topological polar surface area (TPSA) is 67.2 Å². The monoisotopic (exact) mass is 293 g/mol. The lowest BCUT2D eigenvalue weighted by Gasteiger charge is -2.09. The van der Waals surface area contributed by atoms with E-state index >= 15 is 0 Å². The average Bonchev–Trinajstić information content (AvgIpc) is 2.75. The van der Waals surface area contributed by atoms with E-state index in [2.05, 4.69) is 15.8 Å². The number of hydrogen-bond donors (Lipinski definition) is 2. The molecule has 6 heteroatoms. The quantitative estimate of drug-likeness (QED) is 0.909. The van der Waals surface area contributed by atoms with Crippen molar-refractivity contribution in [3.8, 4) is 0 Å². The van der Waals surface area contributed by atoms with E-state index in [-0.39, 0.29) is 5.91 Å². The van der Waals surface area contributed by atoms with Gasteiger partial charge in [0.05, 0.1) is 16.3 Å². The van der Waals surface area contributed by atoms with E-state index in [0.29, 0.717) is 17.1 Å². The van der Waals surface area contributed by atoms with Crippen molar-refractivity contribution in [1.82, 2.24) is 10.5 Å². The Hall–Kier alpha value is -2.01. The minimum Gasteiger partial charge on any atom is -0.381 e. The normalized spacial score (nSPS) is 10.4. The summed E-state index contributed by atoms with van der Waals surface area (Å²) in [6, 6.07) is 5.23. The average molecular weight is 294 g/mol. The van der Waals surface area contributed by atoms with Crippen molar-refractivity contribution in [1.29, 1.82) is 0 Å². The molecular formula is C14H16ClN3O2. The lowest BCUT2D eigenvalue weighted by molar-refractivity contribution is 0.0963. The van der Waals surface area contributed by atoms with Crippen LogP contribution < -0.4 is 10.6 Å². The van der Waals surface area contributed by atoms with E-state index in [0.717, 1.165) is 22.7 Å². The highest BCUT2D eigenvalue weighted by Crippen LogP contribution is 2.22. The van der Waals surface area contributed by atoms with Crippen LogP contribution >= 0.6 is 11.6 Å². The van der Waals surface area contributed by atoms with Crippen molar-refractivity contribution in [3.05, 3.63) is 45.8 Å². The van der Waals surface area contributed by atoms with Gasteiger partial charge in [-0.3, -0.25) is 4.79 Å². The minimum atomic E-state index is -0.202. The summed E-state index contributed by atoms with van der Waals surface area (Å²) >= 11 is 6.09. The molecule has 1 aromatic heterocycles. The Balaban J connectivity index is 2.11. The van der Waals surface area contributed by atoms with Gasteiger partial charge in [0.15, 0.2) is 0 Å². The van der Waals surface area contributed by atoms with Gasteiger partial charge in [0.25, 0.3) is 5.91 Å². The molecule has 0 aliphatic rings. The molecule has 1 aromatic carbocycles. The van der Waals surface area contributed by atoms with Crippen molar-refractivity contribution in [3.63, 3.8) is 0 Å². The third-order valence-corrected chi connectivity index (χ3v) is 3.40. The molecule has 1 amide bonds. The highest BCUT2D eigenvalue weighted by molar-refractivity contribution is 6.34. The summed E-state index contributed by atoms with van der Waals surface area (Å²) in [4.78, 5) is 11.5. The maximum Gasteiger partial charge on any atom is 0.252 e. The molecule has 20 heavy (non-hydrogen) atoms. The first-order valence-electron chi connectivity index (χ1n) is 6.20. The molecule has 5 nitrogen and oxygen atoms in total. The number of anilines is 1. The summed E-state index contributed by atoms with van der Waals surface area (Å²) in [5.41, 5.74) is 3.18. The second-order valence-corrected chi connectivity index (χ2v) is 4.84. The molecule has 1 heterocycles. The van der Waals surface area contributed by atoms with Crippen LogP contribution in [0, 0.1) is 13.8 Å². The number of halogens is 1. The van der Waals surface area contributed by atoms with Crippen LogP contribution in [-0.4, -0.2) is 18.1 Å². The maximum atomic E-state index is 11.5. The Labute approximate surface area is 122 Å². The number of nitrogens with zero attached hydrogens (tertiary/aromatic N) is 1. The second-order valence-electron chi connectivity index (χ2n) is 4.43. The van der Waals surface area contributed by atoms with Crippen LogP contribution in [0.15, 0.2) is 22.7 Å². The first-order chi connectivity index (χ1) is 9.52. The highest BCUT2D eigenvalue weighted by atomic mass is 35.5. The predicted octanol–water partition coefficient (Wildman–Crippen LogP) is 2.92. The lowest BCUT2D eigenvalue weighted by atomic mass is 10.1. The zero-order valence-corrected chi connectivity index (χ0v) is 12.3. The molecule has 2 aromatic rings. The predicted molar refractivity (Wildman–Crippen MR) is 78.1 cm³/mol. The Bertz CT molecular complexity index is 618. The third-order valence-electron chi connectivity index (χ3n) is 3.09. The minimum absolute atomic E-state index is 0.202.